The number of nitrogen functional groups attached to an aromatic ring is 1. The molecule has 0 radical (unpaired) electrons. The number of β-lactam (4-membered cyclic amide) rings is 1. The third kappa shape index (κ3) is 3.59. The topological polar surface area (TPSA) is 109 Å². The highest BCUT2D eigenvalue weighted by molar-refractivity contribution is 6.01. The zero-order valence-corrected chi connectivity index (χ0v) is 16.7. The van der Waals surface area contributed by atoms with Crippen molar-refractivity contribution in [2.45, 2.75) is 25.4 Å². The first-order valence-electron chi connectivity index (χ1n) is 9.92. The zero-order chi connectivity index (χ0) is 21.3. The summed E-state index contributed by atoms with van der Waals surface area (Å²) in [5.41, 5.74) is 7.52. The number of hydrogen-bond acceptors (Lipinski definition) is 5. The summed E-state index contributed by atoms with van der Waals surface area (Å²) in [6.45, 7) is 1.60. The van der Waals surface area contributed by atoms with Gasteiger partial charge in [-0.2, -0.15) is 0 Å². The second-order valence-electron chi connectivity index (χ2n) is 7.60. The number of pyridine rings is 1. The fraction of sp³-hybridized carbons (Fsp3) is 0.261. The van der Waals surface area contributed by atoms with Gasteiger partial charge in [-0.25, -0.2) is 9.78 Å². The number of nitrogens with one attached hydrogen (secondary N) is 1. The quantitative estimate of drug-likeness (QED) is 0.567. The van der Waals surface area contributed by atoms with E-state index in [2.05, 4.69) is 10.3 Å². The van der Waals surface area contributed by atoms with Crippen molar-refractivity contribution in [3.05, 3.63) is 71.9 Å². The number of benzene rings is 2. The highest BCUT2D eigenvalue weighted by Gasteiger charge is 2.50. The molecule has 1 saturated heterocycles. The van der Waals surface area contributed by atoms with Crippen molar-refractivity contribution in [2.75, 3.05) is 12.3 Å². The summed E-state index contributed by atoms with van der Waals surface area (Å²) in [6.07, 6.45) is 1.98. The molecule has 3 aromatic rings. The Balaban J connectivity index is 1.47. The highest BCUT2D eigenvalue weighted by Crippen LogP contribution is 2.31. The first kappa shape index (κ1) is 19.8. The van der Waals surface area contributed by atoms with Gasteiger partial charge in [0, 0.05) is 6.20 Å². The molecule has 0 aliphatic carbocycles. The normalized spacial score (nSPS) is 19.4. The second kappa shape index (κ2) is 8.12. The van der Waals surface area contributed by atoms with Crippen molar-refractivity contribution in [3.8, 4) is 0 Å². The average Bonchev–Trinajstić information content (AvgIpc) is 2.74. The molecule has 4 rings (SSSR count). The zero-order valence-electron chi connectivity index (χ0n) is 16.7. The fourth-order valence-corrected chi connectivity index (χ4v) is 4.12. The van der Waals surface area contributed by atoms with Crippen LogP contribution in [0.1, 0.15) is 24.1 Å². The van der Waals surface area contributed by atoms with E-state index in [1.807, 2.05) is 49.4 Å². The molecule has 1 aliphatic rings. The molecule has 3 atom stereocenters. The first-order chi connectivity index (χ1) is 14.5. The smallest absolute Gasteiger partial charge is 0.324 e. The lowest BCUT2D eigenvalue weighted by molar-refractivity contribution is -0.152. The molecule has 0 bridgehead atoms. The number of likely N-dealkylation sites (tertiary alicyclic amines) is 1. The van der Waals surface area contributed by atoms with Gasteiger partial charge in [-0.05, 0) is 47.4 Å². The van der Waals surface area contributed by atoms with Crippen LogP contribution in [-0.2, 0) is 11.2 Å². The summed E-state index contributed by atoms with van der Waals surface area (Å²) in [4.78, 5) is 30.6. The molecular weight excluding hydrogens is 380 g/mol. The number of urea groups is 1. The molecular formula is C23H24N4O3. The number of nitrogens with zero attached hydrogens (tertiary/aromatic N) is 2. The van der Waals surface area contributed by atoms with Crippen molar-refractivity contribution in [1.82, 2.24) is 15.2 Å². The minimum absolute atomic E-state index is 0.285. The van der Waals surface area contributed by atoms with Gasteiger partial charge in [0.2, 0.25) is 5.91 Å². The van der Waals surface area contributed by atoms with Gasteiger partial charge in [0.25, 0.3) is 0 Å². The monoisotopic (exact) mass is 404 g/mol. The summed E-state index contributed by atoms with van der Waals surface area (Å²) in [7, 11) is 0. The number of fused-ring (bicyclic) bond motifs is 1. The Morgan fingerprint density at radius 3 is 2.77 bits per heavy atom. The molecule has 2 aromatic carbocycles. The SMILES string of the molecule is C[C@@H](NC(=O)N1C(=O)[C@H](Cc2ccnc(N)c2)[C@H]1CO)c1cccc2ccccc12. The van der Waals surface area contributed by atoms with Gasteiger partial charge >= 0.3 is 6.03 Å². The fourth-order valence-electron chi connectivity index (χ4n) is 4.12. The molecule has 7 heteroatoms. The first-order valence-corrected chi connectivity index (χ1v) is 9.92. The number of anilines is 1. The molecule has 1 fully saturated rings. The summed E-state index contributed by atoms with van der Waals surface area (Å²) in [5, 5.41) is 14.8. The van der Waals surface area contributed by atoms with Gasteiger partial charge in [-0.1, -0.05) is 42.5 Å². The van der Waals surface area contributed by atoms with E-state index in [4.69, 9.17) is 5.73 Å². The molecule has 7 nitrogen and oxygen atoms in total. The molecule has 1 aliphatic heterocycles. The lowest BCUT2D eigenvalue weighted by Crippen LogP contribution is -2.67. The van der Waals surface area contributed by atoms with Crippen LogP contribution in [0.4, 0.5) is 10.6 Å². The van der Waals surface area contributed by atoms with E-state index < -0.39 is 18.0 Å². The van der Waals surface area contributed by atoms with Crippen molar-refractivity contribution in [3.63, 3.8) is 0 Å². The number of nitrogens with two attached hydrogens (primary N) is 1. The van der Waals surface area contributed by atoms with E-state index in [0.717, 1.165) is 26.8 Å². The number of aliphatic hydroxyl groups is 1. The van der Waals surface area contributed by atoms with Gasteiger partial charge in [0.1, 0.15) is 5.82 Å². The number of rotatable bonds is 5. The maximum atomic E-state index is 12.8. The average molecular weight is 404 g/mol. The molecule has 0 saturated carbocycles. The highest BCUT2D eigenvalue weighted by atomic mass is 16.3. The Morgan fingerprint density at radius 2 is 2.00 bits per heavy atom. The van der Waals surface area contributed by atoms with E-state index in [9.17, 15) is 14.7 Å². The maximum absolute atomic E-state index is 12.8. The van der Waals surface area contributed by atoms with Crippen LogP contribution in [0.5, 0.6) is 0 Å². The molecule has 0 unspecified atom stereocenters. The number of carbonyl (C=O) groups is 2. The molecule has 3 amide bonds. The summed E-state index contributed by atoms with van der Waals surface area (Å²) in [6, 6.07) is 16.0. The number of imide groups is 1. The predicted octanol–water partition coefficient (Wildman–Crippen LogP) is 2.65. The van der Waals surface area contributed by atoms with E-state index in [1.165, 1.54) is 0 Å². The van der Waals surface area contributed by atoms with E-state index in [1.54, 1.807) is 18.3 Å². The molecule has 0 spiro atoms. The van der Waals surface area contributed by atoms with Gasteiger partial charge in [0.15, 0.2) is 0 Å². The van der Waals surface area contributed by atoms with Crippen molar-refractivity contribution in [1.29, 1.82) is 0 Å². The van der Waals surface area contributed by atoms with E-state index >= 15 is 0 Å². The number of amides is 3. The van der Waals surface area contributed by atoms with Gasteiger partial charge in [0.05, 0.1) is 24.6 Å². The van der Waals surface area contributed by atoms with Crippen LogP contribution in [0, 0.1) is 5.92 Å². The third-order valence-corrected chi connectivity index (χ3v) is 5.69. The molecule has 30 heavy (non-hydrogen) atoms. The number of carbonyl (C=O) groups excluding carboxylic acids is 2. The second-order valence-corrected chi connectivity index (χ2v) is 7.60. The lowest BCUT2D eigenvalue weighted by Gasteiger charge is -2.45. The van der Waals surface area contributed by atoms with Gasteiger partial charge in [-0.3, -0.25) is 9.69 Å². The predicted molar refractivity (Wildman–Crippen MR) is 114 cm³/mol. The third-order valence-electron chi connectivity index (χ3n) is 5.69. The summed E-state index contributed by atoms with van der Waals surface area (Å²) >= 11 is 0. The summed E-state index contributed by atoms with van der Waals surface area (Å²) < 4.78 is 0. The van der Waals surface area contributed by atoms with Crippen molar-refractivity contribution < 1.29 is 14.7 Å². The van der Waals surface area contributed by atoms with Gasteiger partial charge < -0.3 is 16.2 Å². The van der Waals surface area contributed by atoms with Crippen LogP contribution in [0.25, 0.3) is 10.8 Å². The van der Waals surface area contributed by atoms with Crippen LogP contribution < -0.4 is 11.1 Å². The number of aromatic nitrogens is 1. The van der Waals surface area contributed by atoms with Crippen LogP contribution in [0.3, 0.4) is 0 Å². The van der Waals surface area contributed by atoms with E-state index in [-0.39, 0.29) is 18.6 Å². The minimum atomic E-state index is -0.563. The van der Waals surface area contributed by atoms with Crippen LogP contribution >= 0.6 is 0 Å². The Kier molecular flexibility index (Phi) is 5.37. The minimum Gasteiger partial charge on any atom is -0.394 e. The molecule has 4 N–H and O–H groups in total. The van der Waals surface area contributed by atoms with Crippen LogP contribution in [-0.4, -0.2) is 39.6 Å². The molecule has 1 aromatic heterocycles. The number of hydrogen-bond donors (Lipinski definition) is 3. The Labute approximate surface area is 174 Å². The largest absolute Gasteiger partial charge is 0.394 e. The van der Waals surface area contributed by atoms with Gasteiger partial charge in [-0.15, -0.1) is 0 Å². The maximum Gasteiger partial charge on any atom is 0.324 e. The van der Waals surface area contributed by atoms with E-state index in [0.29, 0.717) is 12.2 Å². The molecule has 154 valence electrons. The van der Waals surface area contributed by atoms with Crippen molar-refractivity contribution in [2.24, 2.45) is 5.92 Å². The molecule has 2 heterocycles. The Bertz CT molecular complexity index is 1100. The van der Waals surface area contributed by atoms with Crippen molar-refractivity contribution >= 4 is 28.5 Å². The standard InChI is InChI=1S/C23H24N4O3/c1-14(17-8-4-6-16-5-2-3-7-18(16)17)26-23(30)27-20(13-28)19(22(27)29)11-15-9-10-25-21(24)12-15/h2-10,12,14,19-20,28H,11,13H2,1H3,(H2,24,25)(H,26,30)/t14-,19-,20-/m1/s1. The summed E-state index contributed by atoms with van der Waals surface area (Å²) in [5.74, 6) is -0.388. The van der Waals surface area contributed by atoms with Crippen LogP contribution in [0.15, 0.2) is 60.8 Å². The number of aliphatic hydroxyl groups excluding tert-OH is 1. The Morgan fingerprint density at radius 1 is 1.23 bits per heavy atom. The Hall–Kier alpha value is -3.45. The lowest BCUT2D eigenvalue weighted by atomic mass is 9.83. The van der Waals surface area contributed by atoms with Crippen LogP contribution in [0.2, 0.25) is 0 Å².